The first-order valence-electron chi connectivity index (χ1n) is 8.69. The minimum Gasteiger partial charge on any atom is -0.497 e. The van der Waals surface area contributed by atoms with Gasteiger partial charge >= 0.3 is 0 Å². The van der Waals surface area contributed by atoms with Crippen LogP contribution in [0.25, 0.3) is 0 Å². The zero-order valence-electron chi connectivity index (χ0n) is 15.0. The number of aliphatic imine (C=N–C) groups is 1. The molecule has 0 saturated heterocycles. The Labute approximate surface area is 148 Å². The lowest BCUT2D eigenvalue weighted by molar-refractivity contribution is 0.100. The van der Waals surface area contributed by atoms with Gasteiger partial charge in [-0.3, -0.25) is 9.79 Å². The molecule has 0 bridgehead atoms. The van der Waals surface area contributed by atoms with Crippen molar-refractivity contribution < 1.29 is 9.53 Å². The number of benzene rings is 2. The minimum absolute atomic E-state index is 0.0304. The molecule has 0 fully saturated rings. The summed E-state index contributed by atoms with van der Waals surface area (Å²) in [5.74, 6) is 0.814. The molecule has 25 heavy (non-hydrogen) atoms. The Bertz CT molecular complexity index is 836. The second-order valence-electron chi connectivity index (χ2n) is 6.43. The number of rotatable bonds is 6. The zero-order valence-corrected chi connectivity index (χ0v) is 15.0. The van der Waals surface area contributed by atoms with Crippen LogP contribution in [0.2, 0.25) is 0 Å². The fourth-order valence-electron chi connectivity index (χ4n) is 3.56. The van der Waals surface area contributed by atoms with Gasteiger partial charge in [0.25, 0.3) is 0 Å². The monoisotopic (exact) mass is 336 g/mol. The van der Waals surface area contributed by atoms with Gasteiger partial charge in [-0.25, -0.2) is 0 Å². The Kier molecular flexibility index (Phi) is 4.62. The number of methoxy groups -OCH3 is 1. The highest BCUT2D eigenvalue weighted by Gasteiger charge is 2.37. The Hall–Kier alpha value is -2.62. The number of anilines is 1. The second-order valence-corrected chi connectivity index (χ2v) is 6.43. The maximum absolute atomic E-state index is 12.7. The molecule has 0 amide bonds. The van der Waals surface area contributed by atoms with Crippen molar-refractivity contribution in [2.24, 2.45) is 4.99 Å². The number of carbonyl (C=O) groups is 1. The van der Waals surface area contributed by atoms with Gasteiger partial charge in [-0.1, -0.05) is 32.0 Å². The molecule has 0 aliphatic carbocycles. The summed E-state index contributed by atoms with van der Waals surface area (Å²) in [5, 5.41) is 0. The van der Waals surface area contributed by atoms with Gasteiger partial charge in [-0.05, 0) is 42.7 Å². The summed E-state index contributed by atoms with van der Waals surface area (Å²) < 4.78 is 5.37. The normalized spacial score (nSPS) is 14.8. The van der Waals surface area contributed by atoms with Crippen LogP contribution in [0.1, 0.15) is 54.6 Å². The number of hydrogen-bond donors (Lipinski definition) is 1. The number of ether oxygens (including phenoxy) is 1. The highest BCUT2D eigenvalue weighted by atomic mass is 16.5. The first-order valence-corrected chi connectivity index (χ1v) is 8.69. The van der Waals surface area contributed by atoms with E-state index in [2.05, 4.69) is 19.9 Å². The summed E-state index contributed by atoms with van der Waals surface area (Å²) in [4.78, 5) is 17.7. The molecule has 3 rings (SSSR count). The van der Waals surface area contributed by atoms with Crippen LogP contribution in [0.4, 0.5) is 5.69 Å². The van der Waals surface area contributed by atoms with E-state index >= 15 is 0 Å². The van der Waals surface area contributed by atoms with Gasteiger partial charge in [0.2, 0.25) is 0 Å². The van der Waals surface area contributed by atoms with Crippen molar-refractivity contribution >= 4 is 17.2 Å². The van der Waals surface area contributed by atoms with Gasteiger partial charge in [-0.2, -0.15) is 0 Å². The molecule has 4 heteroatoms. The number of ketones is 1. The van der Waals surface area contributed by atoms with Crippen molar-refractivity contribution in [1.82, 2.24) is 0 Å². The van der Waals surface area contributed by atoms with Crippen molar-refractivity contribution in [3.63, 3.8) is 0 Å². The molecule has 1 aliphatic rings. The molecule has 0 unspecified atom stereocenters. The van der Waals surface area contributed by atoms with E-state index in [9.17, 15) is 4.79 Å². The number of carbonyl (C=O) groups excluding carboxylic acids is 1. The average molecular weight is 336 g/mol. The summed E-state index contributed by atoms with van der Waals surface area (Å²) >= 11 is 0. The van der Waals surface area contributed by atoms with E-state index < -0.39 is 0 Å². The van der Waals surface area contributed by atoms with E-state index in [4.69, 9.17) is 15.5 Å². The number of nitrogens with zero attached hydrogens (tertiary/aromatic N) is 1. The van der Waals surface area contributed by atoms with Crippen molar-refractivity contribution in [1.29, 1.82) is 0 Å². The van der Waals surface area contributed by atoms with Crippen LogP contribution in [0.3, 0.4) is 0 Å². The highest BCUT2D eigenvalue weighted by molar-refractivity contribution is 6.18. The molecule has 4 nitrogen and oxygen atoms in total. The van der Waals surface area contributed by atoms with Gasteiger partial charge < -0.3 is 10.5 Å². The number of nitrogens with two attached hydrogens (primary N) is 1. The predicted octanol–water partition coefficient (Wildman–Crippen LogP) is 4.37. The zero-order chi connectivity index (χ0) is 18.0. The van der Waals surface area contributed by atoms with Crippen LogP contribution < -0.4 is 10.5 Å². The van der Waals surface area contributed by atoms with E-state index in [1.54, 1.807) is 31.4 Å². The third-order valence-electron chi connectivity index (χ3n) is 5.09. The second kappa shape index (κ2) is 6.71. The fraction of sp³-hybridized carbons (Fsp3) is 0.333. The molecule has 2 N–H and O–H groups in total. The third kappa shape index (κ3) is 3.04. The van der Waals surface area contributed by atoms with Gasteiger partial charge in [0.1, 0.15) is 5.75 Å². The summed E-state index contributed by atoms with van der Waals surface area (Å²) in [5.41, 5.74) is 9.84. The molecule has 0 saturated carbocycles. The van der Waals surface area contributed by atoms with Crippen molar-refractivity contribution in [2.75, 3.05) is 12.8 Å². The molecule has 1 heterocycles. The summed E-state index contributed by atoms with van der Waals surface area (Å²) in [6, 6.07) is 13.2. The molecule has 0 spiro atoms. The van der Waals surface area contributed by atoms with Crippen LogP contribution in [0, 0.1) is 0 Å². The highest BCUT2D eigenvalue weighted by Crippen LogP contribution is 2.42. The number of hydrogen-bond acceptors (Lipinski definition) is 4. The Balaban J connectivity index is 2.00. The van der Waals surface area contributed by atoms with Gasteiger partial charge in [0.05, 0.1) is 24.8 Å². The molecule has 2 aromatic rings. The SMILES string of the molecule is CCC1(CC)N=C(CC(=O)c2cccc(N)c2)c2cc(OC)ccc21. The standard InChI is InChI=1S/C21H24N2O2/c1-4-21(5-2)18-10-9-16(25-3)12-17(18)19(23-21)13-20(24)14-7-6-8-15(22)11-14/h6-12H,4-5,13,22H2,1-3H3. The molecular formula is C21H24N2O2. The van der Waals surface area contributed by atoms with E-state index in [-0.39, 0.29) is 17.7 Å². The Morgan fingerprint density at radius 3 is 2.56 bits per heavy atom. The molecule has 0 radical (unpaired) electrons. The number of fused-ring (bicyclic) bond motifs is 1. The first-order chi connectivity index (χ1) is 12.0. The smallest absolute Gasteiger partial charge is 0.168 e. The van der Waals surface area contributed by atoms with E-state index in [0.717, 1.165) is 29.9 Å². The summed E-state index contributed by atoms with van der Waals surface area (Å²) in [7, 11) is 1.65. The fourth-order valence-corrected chi connectivity index (χ4v) is 3.56. The summed E-state index contributed by atoms with van der Waals surface area (Å²) in [6.07, 6.45) is 2.07. The van der Waals surface area contributed by atoms with Crippen molar-refractivity contribution in [3.8, 4) is 5.75 Å². The topological polar surface area (TPSA) is 64.7 Å². The van der Waals surface area contributed by atoms with Crippen LogP contribution in [0.15, 0.2) is 47.5 Å². The lowest BCUT2D eigenvalue weighted by Crippen LogP contribution is -2.19. The van der Waals surface area contributed by atoms with Gasteiger partial charge in [-0.15, -0.1) is 0 Å². The van der Waals surface area contributed by atoms with Gasteiger partial charge in [0.15, 0.2) is 5.78 Å². The van der Waals surface area contributed by atoms with Crippen LogP contribution >= 0.6 is 0 Å². The van der Waals surface area contributed by atoms with Crippen LogP contribution in [0.5, 0.6) is 5.75 Å². The van der Waals surface area contributed by atoms with E-state index in [0.29, 0.717) is 11.3 Å². The predicted molar refractivity (Wildman–Crippen MR) is 102 cm³/mol. The largest absolute Gasteiger partial charge is 0.497 e. The molecule has 0 atom stereocenters. The van der Waals surface area contributed by atoms with Crippen LogP contribution in [-0.4, -0.2) is 18.6 Å². The molecule has 2 aromatic carbocycles. The molecule has 1 aliphatic heterocycles. The number of Topliss-reactive ketones (excluding diaryl/α,β-unsaturated/α-hetero) is 1. The lowest BCUT2D eigenvalue weighted by Gasteiger charge is -2.24. The van der Waals surface area contributed by atoms with E-state index in [1.807, 2.05) is 12.1 Å². The maximum Gasteiger partial charge on any atom is 0.168 e. The lowest BCUT2D eigenvalue weighted by atomic mass is 9.84. The summed E-state index contributed by atoms with van der Waals surface area (Å²) in [6.45, 7) is 4.29. The minimum atomic E-state index is -0.243. The van der Waals surface area contributed by atoms with Crippen molar-refractivity contribution in [3.05, 3.63) is 59.2 Å². The van der Waals surface area contributed by atoms with Gasteiger partial charge in [0, 0.05) is 16.8 Å². The van der Waals surface area contributed by atoms with Crippen LogP contribution in [-0.2, 0) is 5.54 Å². The first kappa shape index (κ1) is 17.2. The quantitative estimate of drug-likeness (QED) is 0.629. The van der Waals surface area contributed by atoms with E-state index in [1.165, 1.54) is 5.56 Å². The maximum atomic E-state index is 12.7. The molecular weight excluding hydrogens is 312 g/mol. The molecule has 130 valence electrons. The molecule has 0 aromatic heterocycles. The van der Waals surface area contributed by atoms with Crippen molar-refractivity contribution in [2.45, 2.75) is 38.6 Å². The third-order valence-corrected chi connectivity index (χ3v) is 5.09. The number of nitrogen functional groups attached to an aromatic ring is 1. The Morgan fingerprint density at radius 2 is 1.92 bits per heavy atom. The average Bonchev–Trinajstić information content (AvgIpc) is 2.95. The Morgan fingerprint density at radius 1 is 1.16 bits per heavy atom.